The molecule has 1 aliphatic carbocycles. The molecule has 5 nitrogen and oxygen atoms in total. The molecule has 2 aromatic rings. The molecule has 0 heterocycles. The molecule has 1 atom stereocenters. The second kappa shape index (κ2) is 11.3. The Morgan fingerprint density at radius 3 is 2.00 bits per heavy atom. The van der Waals surface area contributed by atoms with Crippen molar-refractivity contribution in [2.75, 3.05) is 5.32 Å². The van der Waals surface area contributed by atoms with Gasteiger partial charge in [-0.2, -0.15) is 0 Å². The molecule has 0 unspecified atom stereocenters. The first kappa shape index (κ1) is 21.8. The first-order valence-corrected chi connectivity index (χ1v) is 10.9. The number of hydrogen-bond acceptors (Lipinski definition) is 3. The van der Waals surface area contributed by atoms with Crippen molar-refractivity contribution in [1.82, 2.24) is 5.32 Å². The van der Waals surface area contributed by atoms with Crippen LogP contribution in [0.3, 0.4) is 0 Å². The van der Waals surface area contributed by atoms with Crippen LogP contribution in [0.15, 0.2) is 60.7 Å². The van der Waals surface area contributed by atoms with Crippen LogP contribution in [0.1, 0.15) is 61.7 Å². The molecule has 0 spiro atoms. The number of nitrogens with one attached hydrogen (secondary N) is 2. The summed E-state index contributed by atoms with van der Waals surface area (Å²) in [4.78, 5) is 38.8. The van der Waals surface area contributed by atoms with Crippen molar-refractivity contribution in [2.45, 2.75) is 57.4 Å². The minimum absolute atomic E-state index is 0.127. The fraction of sp³-hybridized carbons (Fsp3) is 0.400. The van der Waals surface area contributed by atoms with Gasteiger partial charge in [-0.25, -0.2) is 0 Å². The van der Waals surface area contributed by atoms with Gasteiger partial charge in [0.2, 0.25) is 11.8 Å². The highest BCUT2D eigenvalue weighted by Gasteiger charge is 2.31. The number of rotatable bonds is 7. The molecule has 0 aliphatic heterocycles. The molecule has 1 aliphatic rings. The summed E-state index contributed by atoms with van der Waals surface area (Å²) in [5.74, 6) is -2.10. The molecule has 0 aromatic heterocycles. The lowest BCUT2D eigenvalue weighted by Gasteiger charge is -2.22. The predicted octanol–water partition coefficient (Wildman–Crippen LogP) is 4.74. The van der Waals surface area contributed by atoms with E-state index in [2.05, 4.69) is 10.6 Å². The van der Waals surface area contributed by atoms with E-state index >= 15 is 0 Å². The summed E-state index contributed by atoms with van der Waals surface area (Å²) in [6.07, 6.45) is 7.62. The Morgan fingerprint density at radius 2 is 1.37 bits per heavy atom. The molecule has 1 fully saturated rings. The van der Waals surface area contributed by atoms with Crippen molar-refractivity contribution in [2.24, 2.45) is 5.92 Å². The highest BCUT2D eigenvalue weighted by molar-refractivity contribution is 6.15. The SMILES string of the molecule is O=C(C[C@H](C(=O)Nc1ccccc1)C(=O)c1ccccc1)NC1CCCCCCC1. The van der Waals surface area contributed by atoms with Gasteiger partial charge in [-0.05, 0) is 25.0 Å². The van der Waals surface area contributed by atoms with E-state index < -0.39 is 11.8 Å². The van der Waals surface area contributed by atoms with Crippen LogP contribution in [0.25, 0.3) is 0 Å². The lowest BCUT2D eigenvalue weighted by Crippen LogP contribution is -2.40. The van der Waals surface area contributed by atoms with Gasteiger partial charge in [-0.1, -0.05) is 80.6 Å². The van der Waals surface area contributed by atoms with Gasteiger partial charge < -0.3 is 10.6 Å². The third kappa shape index (κ3) is 6.55. The van der Waals surface area contributed by atoms with Crippen molar-refractivity contribution in [3.8, 4) is 0 Å². The zero-order chi connectivity index (χ0) is 21.2. The average molecular weight is 407 g/mol. The molecular formula is C25H30N2O3. The number of ketones is 1. The number of hydrogen-bond donors (Lipinski definition) is 2. The van der Waals surface area contributed by atoms with Gasteiger partial charge in [0, 0.05) is 23.7 Å². The number of benzene rings is 2. The Morgan fingerprint density at radius 1 is 0.800 bits per heavy atom. The average Bonchev–Trinajstić information content (AvgIpc) is 2.74. The minimum atomic E-state index is -1.07. The normalized spacial score (nSPS) is 16.0. The standard InChI is InChI=1S/C25H30N2O3/c28-23(26-20-14-8-2-1-3-9-15-20)18-22(24(29)19-12-6-4-7-13-19)25(30)27-21-16-10-5-11-17-21/h4-7,10-13,16-17,20,22H,1-3,8-9,14-15,18H2,(H,26,28)(H,27,30)/t22-/m0/s1. The Balaban J connectivity index is 1.70. The fourth-order valence-electron chi connectivity index (χ4n) is 3.93. The van der Waals surface area contributed by atoms with Crippen LogP contribution in [0, 0.1) is 5.92 Å². The number of anilines is 1. The van der Waals surface area contributed by atoms with E-state index in [1.807, 2.05) is 24.3 Å². The Kier molecular flexibility index (Phi) is 8.19. The summed E-state index contributed by atoms with van der Waals surface area (Å²) in [6, 6.07) is 17.8. The maximum absolute atomic E-state index is 13.1. The summed E-state index contributed by atoms with van der Waals surface area (Å²) < 4.78 is 0. The molecule has 3 rings (SSSR count). The van der Waals surface area contributed by atoms with Crippen molar-refractivity contribution in [3.05, 3.63) is 66.2 Å². The smallest absolute Gasteiger partial charge is 0.235 e. The first-order valence-electron chi connectivity index (χ1n) is 10.9. The summed E-state index contributed by atoms with van der Waals surface area (Å²) in [5.41, 5.74) is 1.04. The number of amides is 2. The van der Waals surface area contributed by atoms with Crippen LogP contribution in [-0.4, -0.2) is 23.6 Å². The Bertz CT molecular complexity index is 828. The largest absolute Gasteiger partial charge is 0.353 e. The fourth-order valence-corrected chi connectivity index (χ4v) is 3.93. The van der Waals surface area contributed by atoms with Gasteiger partial charge in [0.05, 0.1) is 0 Å². The van der Waals surface area contributed by atoms with Crippen LogP contribution in [-0.2, 0) is 9.59 Å². The maximum atomic E-state index is 13.1. The van der Waals surface area contributed by atoms with Gasteiger partial charge in [-0.15, -0.1) is 0 Å². The molecule has 1 saturated carbocycles. The van der Waals surface area contributed by atoms with Crippen molar-refractivity contribution >= 4 is 23.3 Å². The summed E-state index contributed by atoms with van der Waals surface area (Å²) in [7, 11) is 0. The van der Waals surface area contributed by atoms with Gasteiger partial charge >= 0.3 is 0 Å². The third-order valence-electron chi connectivity index (χ3n) is 5.59. The molecule has 0 saturated heterocycles. The number of para-hydroxylation sites is 1. The summed E-state index contributed by atoms with van der Waals surface area (Å²) in [5, 5.41) is 5.85. The van der Waals surface area contributed by atoms with E-state index in [0.717, 1.165) is 25.7 Å². The molecule has 2 N–H and O–H groups in total. The zero-order valence-corrected chi connectivity index (χ0v) is 17.3. The first-order chi connectivity index (χ1) is 14.6. The molecule has 0 bridgehead atoms. The highest BCUT2D eigenvalue weighted by Crippen LogP contribution is 2.19. The second-order valence-electron chi connectivity index (χ2n) is 7.95. The van der Waals surface area contributed by atoms with E-state index in [9.17, 15) is 14.4 Å². The molecule has 0 radical (unpaired) electrons. The van der Waals surface area contributed by atoms with Crippen molar-refractivity contribution in [3.63, 3.8) is 0 Å². The molecule has 2 amide bonds. The Labute approximate surface area is 178 Å². The topological polar surface area (TPSA) is 75.3 Å². The maximum Gasteiger partial charge on any atom is 0.235 e. The van der Waals surface area contributed by atoms with Gasteiger partial charge in [0.25, 0.3) is 0 Å². The highest BCUT2D eigenvalue weighted by atomic mass is 16.2. The number of carbonyl (C=O) groups is 3. The quantitative estimate of drug-likeness (QED) is 0.515. The van der Waals surface area contributed by atoms with Crippen LogP contribution in [0.2, 0.25) is 0 Å². The molecule has 5 heteroatoms. The monoisotopic (exact) mass is 406 g/mol. The lowest BCUT2D eigenvalue weighted by atomic mass is 9.92. The minimum Gasteiger partial charge on any atom is -0.353 e. The molecule has 30 heavy (non-hydrogen) atoms. The number of Topliss-reactive ketones (excluding diaryl/α,β-unsaturated/α-hetero) is 1. The number of carbonyl (C=O) groups excluding carboxylic acids is 3. The van der Waals surface area contributed by atoms with Crippen LogP contribution in [0.4, 0.5) is 5.69 Å². The van der Waals surface area contributed by atoms with Gasteiger partial charge in [0.1, 0.15) is 5.92 Å². The Hall–Kier alpha value is -2.95. The van der Waals surface area contributed by atoms with Crippen LogP contribution in [0.5, 0.6) is 0 Å². The molecular weight excluding hydrogens is 376 g/mol. The van der Waals surface area contributed by atoms with Crippen LogP contribution >= 0.6 is 0 Å². The van der Waals surface area contributed by atoms with E-state index in [0.29, 0.717) is 11.3 Å². The van der Waals surface area contributed by atoms with E-state index in [1.165, 1.54) is 19.3 Å². The van der Waals surface area contributed by atoms with E-state index in [1.54, 1.807) is 36.4 Å². The van der Waals surface area contributed by atoms with E-state index in [4.69, 9.17) is 0 Å². The van der Waals surface area contributed by atoms with Crippen LogP contribution < -0.4 is 10.6 Å². The van der Waals surface area contributed by atoms with Crippen molar-refractivity contribution in [1.29, 1.82) is 0 Å². The van der Waals surface area contributed by atoms with Gasteiger partial charge in [0.15, 0.2) is 5.78 Å². The van der Waals surface area contributed by atoms with Crippen molar-refractivity contribution < 1.29 is 14.4 Å². The third-order valence-corrected chi connectivity index (χ3v) is 5.59. The second-order valence-corrected chi connectivity index (χ2v) is 7.95. The lowest BCUT2D eigenvalue weighted by molar-refractivity contribution is -0.126. The van der Waals surface area contributed by atoms with Gasteiger partial charge in [-0.3, -0.25) is 14.4 Å². The predicted molar refractivity (Wildman–Crippen MR) is 118 cm³/mol. The summed E-state index contributed by atoms with van der Waals surface area (Å²) in [6.45, 7) is 0. The zero-order valence-electron chi connectivity index (χ0n) is 17.3. The molecule has 2 aromatic carbocycles. The molecule has 158 valence electrons. The summed E-state index contributed by atoms with van der Waals surface area (Å²) >= 11 is 0. The van der Waals surface area contributed by atoms with E-state index in [-0.39, 0.29) is 24.2 Å².